The van der Waals surface area contributed by atoms with E-state index in [4.69, 9.17) is 27.9 Å². The van der Waals surface area contributed by atoms with E-state index in [1.807, 2.05) is 53.4 Å². The lowest BCUT2D eigenvalue weighted by atomic mass is 9.67. The highest BCUT2D eigenvalue weighted by Gasteiger charge is 2.52. The van der Waals surface area contributed by atoms with Crippen LogP contribution in [-0.2, 0) is 14.3 Å². The molecule has 206 valence electrons. The number of amides is 1. The average molecular weight is 562 g/mol. The average Bonchev–Trinajstić information content (AvgIpc) is 2.85. The SMILES string of the molecule is CCC(CN1CCOCC1(C)C)N1C(=O)C(C)(CC(=O)O)CC(c2cccc(Cl)c2)C1c1ccc(Cl)cc1. The summed E-state index contributed by atoms with van der Waals surface area (Å²) >= 11 is 12.7. The Bertz CT molecular complexity index is 1160. The first-order valence-electron chi connectivity index (χ1n) is 13.3. The number of benzene rings is 2. The first kappa shape index (κ1) is 28.9. The number of carboxylic acids is 1. The number of rotatable bonds is 8. The topological polar surface area (TPSA) is 70.1 Å². The normalized spacial score (nSPS) is 26.8. The molecule has 2 saturated heterocycles. The molecule has 0 spiro atoms. The Kier molecular flexibility index (Phi) is 8.78. The Morgan fingerprint density at radius 2 is 1.82 bits per heavy atom. The number of morpholine rings is 1. The first-order chi connectivity index (χ1) is 17.9. The number of likely N-dealkylation sites (tertiary alicyclic amines) is 1. The van der Waals surface area contributed by atoms with Gasteiger partial charge in [0.1, 0.15) is 0 Å². The summed E-state index contributed by atoms with van der Waals surface area (Å²) in [7, 11) is 0. The maximum absolute atomic E-state index is 14.4. The lowest BCUT2D eigenvalue weighted by Crippen LogP contribution is -2.61. The lowest BCUT2D eigenvalue weighted by Gasteiger charge is -2.53. The molecule has 1 N–H and O–H groups in total. The fourth-order valence-electron chi connectivity index (χ4n) is 6.18. The summed E-state index contributed by atoms with van der Waals surface area (Å²) in [5, 5.41) is 11.1. The first-order valence-corrected chi connectivity index (χ1v) is 14.1. The number of carboxylic acid groups (broad SMARTS) is 1. The summed E-state index contributed by atoms with van der Waals surface area (Å²) in [6, 6.07) is 15.0. The quantitative estimate of drug-likeness (QED) is 0.403. The summed E-state index contributed by atoms with van der Waals surface area (Å²) in [5.74, 6) is -1.24. The number of carbonyl (C=O) groups excluding carboxylic acids is 1. The molecule has 2 heterocycles. The van der Waals surface area contributed by atoms with Gasteiger partial charge in [0.25, 0.3) is 0 Å². The largest absolute Gasteiger partial charge is 0.481 e. The molecule has 2 aromatic rings. The van der Waals surface area contributed by atoms with Crippen LogP contribution in [0.2, 0.25) is 10.0 Å². The standard InChI is InChI=1S/C30H38Cl2N2O4/c1-5-24(18-33-13-14-38-19-29(33,2)3)34-27(20-9-11-22(31)12-10-20)25(21-7-6-8-23(32)15-21)16-30(4,28(34)37)17-26(35)36/h6-12,15,24-25,27H,5,13-14,16-19H2,1-4H3,(H,35,36). The Morgan fingerprint density at radius 3 is 2.42 bits per heavy atom. The van der Waals surface area contributed by atoms with E-state index in [0.717, 1.165) is 24.1 Å². The van der Waals surface area contributed by atoms with Crippen LogP contribution in [0.3, 0.4) is 0 Å². The van der Waals surface area contributed by atoms with E-state index in [0.29, 0.717) is 36.2 Å². The van der Waals surface area contributed by atoms with E-state index in [2.05, 4.69) is 25.7 Å². The van der Waals surface area contributed by atoms with Gasteiger partial charge in [-0.2, -0.15) is 0 Å². The van der Waals surface area contributed by atoms with Gasteiger partial charge in [0, 0.05) is 40.6 Å². The van der Waals surface area contributed by atoms with Crippen molar-refractivity contribution in [3.05, 3.63) is 69.7 Å². The zero-order chi connectivity index (χ0) is 27.7. The predicted octanol–water partition coefficient (Wildman–Crippen LogP) is 6.42. The molecule has 2 aliphatic heterocycles. The number of piperidine rings is 1. The van der Waals surface area contributed by atoms with Crippen molar-refractivity contribution >= 4 is 35.1 Å². The van der Waals surface area contributed by atoms with Crippen molar-refractivity contribution < 1.29 is 19.4 Å². The van der Waals surface area contributed by atoms with Crippen LogP contribution in [0.25, 0.3) is 0 Å². The van der Waals surface area contributed by atoms with Crippen LogP contribution >= 0.6 is 23.2 Å². The van der Waals surface area contributed by atoms with E-state index in [1.165, 1.54) is 0 Å². The summed E-state index contributed by atoms with van der Waals surface area (Å²) < 4.78 is 5.75. The number of aliphatic carboxylic acids is 1. The summed E-state index contributed by atoms with van der Waals surface area (Å²) in [5.41, 5.74) is 0.741. The maximum atomic E-state index is 14.4. The Labute approximate surface area is 235 Å². The third kappa shape index (κ3) is 6.04. The molecule has 8 heteroatoms. The zero-order valence-corrected chi connectivity index (χ0v) is 24.1. The molecule has 0 aliphatic carbocycles. The van der Waals surface area contributed by atoms with Crippen molar-refractivity contribution in [2.75, 3.05) is 26.3 Å². The number of hydrogen-bond acceptors (Lipinski definition) is 4. The molecule has 4 rings (SSSR count). The van der Waals surface area contributed by atoms with Gasteiger partial charge >= 0.3 is 5.97 Å². The van der Waals surface area contributed by atoms with Crippen molar-refractivity contribution in [2.45, 2.75) is 70.5 Å². The van der Waals surface area contributed by atoms with E-state index < -0.39 is 11.4 Å². The van der Waals surface area contributed by atoms with Crippen LogP contribution in [0.4, 0.5) is 0 Å². The number of halogens is 2. The minimum absolute atomic E-state index is 0.115. The van der Waals surface area contributed by atoms with Crippen molar-refractivity contribution in [3.8, 4) is 0 Å². The molecule has 2 fully saturated rings. The van der Waals surface area contributed by atoms with Gasteiger partial charge in [-0.05, 0) is 62.1 Å². The van der Waals surface area contributed by atoms with Gasteiger partial charge in [-0.15, -0.1) is 0 Å². The molecule has 2 aromatic carbocycles. The van der Waals surface area contributed by atoms with Crippen LogP contribution in [-0.4, -0.2) is 64.7 Å². The molecule has 2 aliphatic rings. The Hall–Kier alpha value is -2.12. The Balaban J connectivity index is 1.86. The van der Waals surface area contributed by atoms with E-state index in [9.17, 15) is 14.7 Å². The third-order valence-electron chi connectivity index (χ3n) is 8.24. The summed E-state index contributed by atoms with van der Waals surface area (Å²) in [4.78, 5) is 30.9. The molecule has 1 amide bonds. The van der Waals surface area contributed by atoms with Crippen molar-refractivity contribution in [2.24, 2.45) is 5.41 Å². The predicted molar refractivity (Wildman–Crippen MR) is 151 cm³/mol. The van der Waals surface area contributed by atoms with Gasteiger partial charge < -0.3 is 14.7 Å². The number of ether oxygens (including phenoxy) is 1. The molecule has 38 heavy (non-hydrogen) atoms. The second-order valence-corrected chi connectivity index (χ2v) is 12.5. The molecule has 0 aromatic heterocycles. The van der Waals surface area contributed by atoms with Crippen LogP contribution in [0, 0.1) is 5.41 Å². The highest BCUT2D eigenvalue weighted by molar-refractivity contribution is 6.30. The van der Waals surface area contributed by atoms with Gasteiger partial charge in [-0.25, -0.2) is 0 Å². The lowest BCUT2D eigenvalue weighted by molar-refractivity contribution is -0.162. The van der Waals surface area contributed by atoms with Gasteiger partial charge in [0.05, 0.1) is 31.1 Å². The zero-order valence-electron chi connectivity index (χ0n) is 22.6. The fraction of sp³-hybridized carbons (Fsp3) is 0.533. The molecule has 6 nitrogen and oxygen atoms in total. The second kappa shape index (κ2) is 11.5. The van der Waals surface area contributed by atoms with Crippen molar-refractivity contribution in [1.82, 2.24) is 9.80 Å². The van der Waals surface area contributed by atoms with Crippen LogP contribution < -0.4 is 0 Å². The molecule has 0 bridgehead atoms. The van der Waals surface area contributed by atoms with Crippen molar-refractivity contribution in [3.63, 3.8) is 0 Å². The highest BCUT2D eigenvalue weighted by atomic mass is 35.5. The second-order valence-electron chi connectivity index (χ2n) is 11.6. The van der Waals surface area contributed by atoms with E-state index in [1.54, 1.807) is 6.92 Å². The van der Waals surface area contributed by atoms with E-state index >= 15 is 0 Å². The van der Waals surface area contributed by atoms with Gasteiger partial charge in [0.2, 0.25) is 5.91 Å². The van der Waals surface area contributed by atoms with Crippen LogP contribution in [0.5, 0.6) is 0 Å². The number of hydrogen-bond donors (Lipinski definition) is 1. The summed E-state index contributed by atoms with van der Waals surface area (Å²) in [6.07, 6.45) is 0.905. The van der Waals surface area contributed by atoms with Crippen LogP contribution in [0.15, 0.2) is 48.5 Å². The van der Waals surface area contributed by atoms with E-state index in [-0.39, 0.29) is 35.9 Å². The highest BCUT2D eigenvalue weighted by Crippen LogP contribution is 2.52. The summed E-state index contributed by atoms with van der Waals surface area (Å²) in [6.45, 7) is 11.0. The minimum atomic E-state index is -1.06. The van der Waals surface area contributed by atoms with Gasteiger partial charge in [0.15, 0.2) is 0 Å². The number of carbonyl (C=O) groups is 2. The minimum Gasteiger partial charge on any atom is -0.481 e. The van der Waals surface area contributed by atoms with Crippen molar-refractivity contribution in [1.29, 1.82) is 0 Å². The van der Waals surface area contributed by atoms with Gasteiger partial charge in [-0.3, -0.25) is 14.5 Å². The molecular formula is C30H38Cl2N2O4. The molecule has 0 saturated carbocycles. The molecule has 0 radical (unpaired) electrons. The monoisotopic (exact) mass is 560 g/mol. The fourth-order valence-corrected chi connectivity index (χ4v) is 6.50. The Morgan fingerprint density at radius 1 is 1.11 bits per heavy atom. The molecule has 4 atom stereocenters. The number of nitrogens with zero attached hydrogens (tertiary/aromatic N) is 2. The third-order valence-corrected chi connectivity index (χ3v) is 8.73. The maximum Gasteiger partial charge on any atom is 0.304 e. The van der Waals surface area contributed by atoms with Gasteiger partial charge in [-0.1, -0.05) is 61.3 Å². The molecule has 4 unspecified atom stereocenters. The smallest absolute Gasteiger partial charge is 0.304 e. The van der Waals surface area contributed by atoms with Crippen LogP contribution in [0.1, 0.15) is 70.0 Å². The molecular weight excluding hydrogens is 523 g/mol.